The van der Waals surface area contributed by atoms with Gasteiger partial charge >= 0.3 is 5.97 Å². The third-order valence-electron chi connectivity index (χ3n) is 5.28. The van der Waals surface area contributed by atoms with E-state index in [1.807, 2.05) is 56.2 Å². The minimum atomic E-state index is -0.853. The number of aliphatic carboxylic acids is 1. The van der Waals surface area contributed by atoms with Crippen molar-refractivity contribution in [3.63, 3.8) is 0 Å². The fourth-order valence-corrected chi connectivity index (χ4v) is 3.95. The van der Waals surface area contributed by atoms with Crippen LogP contribution in [0.3, 0.4) is 0 Å². The van der Waals surface area contributed by atoms with E-state index in [1.54, 1.807) is 0 Å². The smallest absolute Gasteiger partial charge is 0.303 e. The van der Waals surface area contributed by atoms with Gasteiger partial charge in [0.25, 0.3) is 0 Å². The van der Waals surface area contributed by atoms with Crippen molar-refractivity contribution in [1.29, 1.82) is 0 Å². The van der Waals surface area contributed by atoms with Gasteiger partial charge in [-0.15, -0.1) is 0 Å². The number of rotatable bonds is 9. The SMILES string of the molecule is C\C=C/C(Cl)=C(C)\C=C\CN(C)c1c(C(C)=O)cc(F)cc1C1=C[C@@H](CC(=O)O)CC1. The Morgan fingerprint density at radius 3 is 2.61 bits per heavy atom. The molecule has 0 heterocycles. The van der Waals surface area contributed by atoms with Crippen LogP contribution in [0.15, 0.2) is 53.1 Å². The Bertz CT molecular complexity index is 975. The molecule has 0 saturated heterocycles. The number of hydrogen-bond donors (Lipinski definition) is 1. The van der Waals surface area contributed by atoms with Crippen LogP contribution in [0, 0.1) is 11.7 Å². The van der Waals surface area contributed by atoms with Crippen molar-refractivity contribution in [2.75, 3.05) is 18.5 Å². The maximum Gasteiger partial charge on any atom is 0.303 e. The Balaban J connectivity index is 2.42. The number of carboxylic acid groups (broad SMARTS) is 1. The number of carbonyl (C=O) groups is 2. The molecule has 2 rings (SSSR count). The van der Waals surface area contributed by atoms with Crippen LogP contribution >= 0.6 is 11.6 Å². The number of anilines is 1. The van der Waals surface area contributed by atoms with Crippen molar-refractivity contribution in [3.8, 4) is 0 Å². The highest BCUT2D eigenvalue weighted by atomic mass is 35.5. The Morgan fingerprint density at radius 1 is 1.29 bits per heavy atom. The number of benzene rings is 1. The van der Waals surface area contributed by atoms with Crippen molar-refractivity contribution in [1.82, 2.24) is 0 Å². The molecular weight excluding hydrogens is 417 g/mol. The minimum Gasteiger partial charge on any atom is -0.481 e. The quantitative estimate of drug-likeness (QED) is 0.354. The number of nitrogens with zero attached hydrogens (tertiary/aromatic N) is 1. The molecule has 0 amide bonds. The lowest BCUT2D eigenvalue weighted by atomic mass is 9.96. The minimum absolute atomic E-state index is 0.0465. The molecule has 0 saturated carbocycles. The summed E-state index contributed by atoms with van der Waals surface area (Å²) in [4.78, 5) is 25.3. The maximum atomic E-state index is 14.4. The fourth-order valence-electron chi connectivity index (χ4n) is 3.76. The molecule has 31 heavy (non-hydrogen) atoms. The molecule has 0 spiro atoms. The summed E-state index contributed by atoms with van der Waals surface area (Å²) in [6.45, 7) is 5.72. The lowest BCUT2D eigenvalue weighted by molar-refractivity contribution is -0.137. The Labute approximate surface area is 188 Å². The van der Waals surface area contributed by atoms with Crippen molar-refractivity contribution >= 4 is 34.6 Å². The summed E-state index contributed by atoms with van der Waals surface area (Å²) in [6, 6.07) is 2.70. The van der Waals surface area contributed by atoms with Crippen molar-refractivity contribution in [3.05, 3.63) is 70.1 Å². The molecule has 1 aliphatic carbocycles. The number of carboxylic acids is 1. The highest BCUT2D eigenvalue weighted by Gasteiger charge is 2.25. The van der Waals surface area contributed by atoms with Gasteiger partial charge in [0.05, 0.1) is 12.1 Å². The molecule has 1 aromatic carbocycles. The highest BCUT2D eigenvalue weighted by Crippen LogP contribution is 2.39. The van der Waals surface area contributed by atoms with Crippen LogP contribution in [0.5, 0.6) is 0 Å². The molecule has 1 aliphatic rings. The topological polar surface area (TPSA) is 57.6 Å². The zero-order chi connectivity index (χ0) is 23.1. The lowest BCUT2D eigenvalue weighted by Crippen LogP contribution is -2.21. The third kappa shape index (κ3) is 6.66. The second-order valence-electron chi connectivity index (χ2n) is 7.81. The molecule has 4 nitrogen and oxygen atoms in total. The van der Waals surface area contributed by atoms with Gasteiger partial charge in [-0.3, -0.25) is 9.59 Å². The monoisotopic (exact) mass is 445 g/mol. The molecule has 1 atom stereocenters. The number of ketones is 1. The summed E-state index contributed by atoms with van der Waals surface area (Å²) in [5, 5.41) is 9.73. The molecule has 0 aliphatic heterocycles. The Hall–Kier alpha value is -2.66. The zero-order valence-electron chi connectivity index (χ0n) is 18.4. The molecule has 0 radical (unpaired) electrons. The first-order valence-corrected chi connectivity index (χ1v) is 10.7. The molecule has 1 aromatic rings. The normalized spacial score (nSPS) is 17.2. The first kappa shape index (κ1) is 24.6. The second-order valence-corrected chi connectivity index (χ2v) is 8.22. The molecule has 0 unspecified atom stereocenters. The highest BCUT2D eigenvalue weighted by molar-refractivity contribution is 6.31. The summed E-state index contributed by atoms with van der Waals surface area (Å²) in [7, 11) is 1.85. The average molecular weight is 446 g/mol. The van der Waals surface area contributed by atoms with Crippen LogP contribution in [-0.4, -0.2) is 30.5 Å². The first-order valence-electron chi connectivity index (χ1n) is 10.3. The third-order valence-corrected chi connectivity index (χ3v) is 5.70. The largest absolute Gasteiger partial charge is 0.481 e. The van der Waals surface area contributed by atoms with E-state index in [2.05, 4.69) is 0 Å². The van der Waals surface area contributed by atoms with Crippen LogP contribution in [0.25, 0.3) is 5.57 Å². The summed E-state index contributed by atoms with van der Waals surface area (Å²) in [5.74, 6) is -1.64. The maximum absolute atomic E-state index is 14.4. The number of carbonyl (C=O) groups excluding carboxylic acids is 1. The average Bonchev–Trinajstić information content (AvgIpc) is 3.14. The van der Waals surface area contributed by atoms with Crippen LogP contribution in [0.2, 0.25) is 0 Å². The number of halogens is 2. The van der Waals surface area contributed by atoms with Gasteiger partial charge in [0.15, 0.2) is 5.78 Å². The molecular formula is C25H29ClFNO3. The number of allylic oxidation sites excluding steroid dienone is 7. The number of likely N-dealkylation sites (N-methyl/N-ethyl adjacent to an activating group) is 1. The Kier molecular flexibility index (Phi) is 8.81. The van der Waals surface area contributed by atoms with E-state index in [0.29, 0.717) is 41.2 Å². The van der Waals surface area contributed by atoms with Crippen molar-refractivity contribution < 1.29 is 19.1 Å². The summed E-state index contributed by atoms with van der Waals surface area (Å²) >= 11 is 6.20. The Morgan fingerprint density at radius 2 is 2.00 bits per heavy atom. The number of hydrogen-bond acceptors (Lipinski definition) is 3. The molecule has 1 N–H and O–H groups in total. The molecule has 0 bridgehead atoms. The molecule has 166 valence electrons. The van der Waals surface area contributed by atoms with Crippen molar-refractivity contribution in [2.45, 2.75) is 40.0 Å². The van der Waals surface area contributed by atoms with Gasteiger partial charge in [-0.2, -0.15) is 0 Å². The van der Waals surface area contributed by atoms with Gasteiger partial charge in [0.1, 0.15) is 5.82 Å². The van der Waals surface area contributed by atoms with E-state index < -0.39 is 11.8 Å². The van der Waals surface area contributed by atoms with E-state index >= 15 is 0 Å². The van der Waals surface area contributed by atoms with Gasteiger partial charge < -0.3 is 10.0 Å². The summed E-state index contributed by atoms with van der Waals surface area (Å²) in [5.41, 5.74) is 3.41. The van der Waals surface area contributed by atoms with E-state index in [9.17, 15) is 14.0 Å². The van der Waals surface area contributed by atoms with Gasteiger partial charge in [-0.05, 0) is 68.9 Å². The van der Waals surface area contributed by atoms with Crippen LogP contribution in [0.4, 0.5) is 10.1 Å². The van der Waals surface area contributed by atoms with E-state index in [1.165, 1.54) is 19.1 Å². The van der Waals surface area contributed by atoms with Crippen molar-refractivity contribution in [2.24, 2.45) is 5.92 Å². The number of Topliss-reactive ketones (excluding diaryl/α,β-unsaturated/α-hetero) is 1. The van der Waals surface area contributed by atoms with Crippen LogP contribution < -0.4 is 4.90 Å². The van der Waals surface area contributed by atoms with Gasteiger partial charge in [0.2, 0.25) is 0 Å². The first-order chi connectivity index (χ1) is 14.6. The molecule has 0 fully saturated rings. The fraction of sp³-hybridized carbons (Fsp3) is 0.360. The van der Waals surface area contributed by atoms with E-state index in [4.69, 9.17) is 16.7 Å². The van der Waals surface area contributed by atoms with E-state index in [0.717, 1.165) is 11.1 Å². The van der Waals surface area contributed by atoms with Crippen LogP contribution in [0.1, 0.15) is 56.0 Å². The predicted molar refractivity (Wildman–Crippen MR) is 125 cm³/mol. The zero-order valence-corrected chi connectivity index (χ0v) is 19.2. The lowest BCUT2D eigenvalue weighted by Gasteiger charge is -2.24. The summed E-state index contributed by atoms with van der Waals surface area (Å²) in [6.07, 6.45) is 10.8. The van der Waals surface area contributed by atoms with Crippen LogP contribution in [-0.2, 0) is 4.79 Å². The second kappa shape index (κ2) is 11.1. The van der Waals surface area contributed by atoms with Gasteiger partial charge in [-0.25, -0.2) is 4.39 Å². The predicted octanol–water partition coefficient (Wildman–Crippen LogP) is 6.38. The molecule has 0 aromatic heterocycles. The molecule has 6 heteroatoms. The standard InChI is InChI=1S/C25H29ClFNO3/c1-5-7-23(26)16(2)8-6-11-28(4)25-21(17(3)29)14-20(27)15-22(25)19-10-9-18(12-19)13-24(30)31/h5-8,12,14-15,18H,9-11,13H2,1-4H3,(H,30,31)/b7-5-,8-6+,23-16+/t18-/m0/s1. The summed E-state index contributed by atoms with van der Waals surface area (Å²) < 4.78 is 14.4. The van der Waals surface area contributed by atoms with E-state index in [-0.39, 0.29) is 18.1 Å². The van der Waals surface area contributed by atoms with Gasteiger partial charge in [-0.1, -0.05) is 35.9 Å². The van der Waals surface area contributed by atoms with Gasteiger partial charge in [0, 0.05) is 29.8 Å².